The average Bonchev–Trinajstić information content (AvgIpc) is 3.28. The molecule has 31 heavy (non-hydrogen) atoms. The summed E-state index contributed by atoms with van der Waals surface area (Å²) in [4.78, 5) is 0. The summed E-state index contributed by atoms with van der Waals surface area (Å²) < 4.78 is 6.76. The highest BCUT2D eigenvalue weighted by Gasteiger charge is 2.51. The van der Waals surface area contributed by atoms with E-state index < -0.39 is 0 Å². The highest BCUT2D eigenvalue weighted by atomic mass is 35.5. The monoisotopic (exact) mass is 428 g/mol. The molecule has 1 aliphatic carbocycles. The fourth-order valence-electron chi connectivity index (χ4n) is 5.50. The van der Waals surface area contributed by atoms with Crippen molar-refractivity contribution < 1.29 is 4.74 Å². The van der Waals surface area contributed by atoms with Gasteiger partial charge in [-0.2, -0.15) is 5.10 Å². The third-order valence-electron chi connectivity index (χ3n) is 7.12. The largest absolute Gasteiger partial charge is 0.466 e. The van der Waals surface area contributed by atoms with Crippen LogP contribution in [-0.4, -0.2) is 16.4 Å². The molecule has 1 fully saturated rings. The van der Waals surface area contributed by atoms with Crippen molar-refractivity contribution in [3.63, 3.8) is 0 Å². The molecule has 4 heteroatoms. The first-order valence-corrected chi connectivity index (χ1v) is 11.6. The van der Waals surface area contributed by atoms with Crippen LogP contribution in [0.25, 0.3) is 0 Å². The van der Waals surface area contributed by atoms with Crippen LogP contribution in [0.15, 0.2) is 84.0 Å². The lowest BCUT2D eigenvalue weighted by Crippen LogP contribution is -2.55. The van der Waals surface area contributed by atoms with Gasteiger partial charge in [0.1, 0.15) is 5.75 Å². The lowest BCUT2D eigenvalue weighted by molar-refractivity contribution is -0.142. The molecule has 3 aromatic rings. The maximum absolute atomic E-state index is 6.76. The number of fused-ring (bicyclic) bond motifs is 4. The van der Waals surface area contributed by atoms with Crippen LogP contribution in [0.5, 0.6) is 5.75 Å². The maximum Gasteiger partial charge on any atom is 0.198 e. The zero-order valence-electron chi connectivity index (χ0n) is 17.4. The van der Waals surface area contributed by atoms with Crippen molar-refractivity contribution in [1.29, 1.82) is 0 Å². The highest BCUT2D eigenvalue weighted by Crippen LogP contribution is 2.52. The van der Waals surface area contributed by atoms with Gasteiger partial charge in [-0.15, -0.1) is 0 Å². The molecule has 1 atom stereocenters. The van der Waals surface area contributed by atoms with E-state index in [4.69, 9.17) is 21.4 Å². The quantitative estimate of drug-likeness (QED) is 0.441. The van der Waals surface area contributed by atoms with Crippen molar-refractivity contribution in [2.45, 2.75) is 49.8 Å². The van der Waals surface area contributed by atoms with Crippen molar-refractivity contribution in [3.8, 4) is 5.75 Å². The van der Waals surface area contributed by atoms with E-state index in [-0.39, 0.29) is 11.8 Å². The van der Waals surface area contributed by atoms with Gasteiger partial charge in [0, 0.05) is 29.8 Å². The highest BCUT2D eigenvalue weighted by molar-refractivity contribution is 6.30. The molecule has 3 aliphatic rings. The number of para-hydroxylation sites is 1. The summed E-state index contributed by atoms with van der Waals surface area (Å²) in [5, 5.41) is 8.21. The molecule has 3 aromatic carbocycles. The topological polar surface area (TPSA) is 24.8 Å². The second kappa shape index (κ2) is 7.42. The number of benzene rings is 3. The van der Waals surface area contributed by atoms with E-state index in [9.17, 15) is 0 Å². The molecule has 1 saturated carbocycles. The van der Waals surface area contributed by atoms with Gasteiger partial charge in [0.15, 0.2) is 5.72 Å². The summed E-state index contributed by atoms with van der Waals surface area (Å²) in [6.45, 7) is 0. The predicted octanol–water partition coefficient (Wildman–Crippen LogP) is 6.94. The predicted molar refractivity (Wildman–Crippen MR) is 125 cm³/mol. The van der Waals surface area contributed by atoms with Crippen LogP contribution in [0.2, 0.25) is 5.02 Å². The van der Waals surface area contributed by atoms with Gasteiger partial charge in [-0.1, -0.05) is 72.3 Å². The van der Waals surface area contributed by atoms with Gasteiger partial charge in [-0.05, 0) is 48.1 Å². The summed E-state index contributed by atoms with van der Waals surface area (Å²) in [5.41, 5.74) is 4.58. The van der Waals surface area contributed by atoms with Crippen LogP contribution in [0, 0.1) is 0 Å². The molecule has 0 saturated heterocycles. The van der Waals surface area contributed by atoms with Crippen molar-refractivity contribution in [2.24, 2.45) is 5.10 Å². The number of hydrogen-bond donors (Lipinski definition) is 0. The van der Waals surface area contributed by atoms with Crippen LogP contribution in [0.3, 0.4) is 0 Å². The van der Waals surface area contributed by atoms with Gasteiger partial charge in [0.25, 0.3) is 0 Å². The first-order chi connectivity index (χ1) is 15.2. The van der Waals surface area contributed by atoms with Gasteiger partial charge in [-0.25, -0.2) is 5.01 Å². The molecule has 6 rings (SSSR count). The molecule has 3 nitrogen and oxygen atoms in total. The molecule has 1 spiro atoms. The smallest absolute Gasteiger partial charge is 0.198 e. The normalized spacial score (nSPS) is 26.7. The first kappa shape index (κ1) is 18.9. The van der Waals surface area contributed by atoms with E-state index in [1.165, 1.54) is 11.1 Å². The van der Waals surface area contributed by atoms with Crippen LogP contribution < -0.4 is 4.74 Å². The molecule has 0 aromatic heterocycles. The summed E-state index contributed by atoms with van der Waals surface area (Å²) in [6.07, 6.45) is 5.08. The Bertz CT molecular complexity index is 1120. The van der Waals surface area contributed by atoms with Gasteiger partial charge >= 0.3 is 0 Å². The third kappa shape index (κ3) is 3.23. The zero-order chi connectivity index (χ0) is 20.8. The van der Waals surface area contributed by atoms with Gasteiger partial charge in [-0.3, -0.25) is 0 Å². The Morgan fingerprint density at radius 2 is 1.58 bits per heavy atom. The Morgan fingerprint density at radius 3 is 2.35 bits per heavy atom. The SMILES string of the molecule is Clc1ccc(C2=NN3[C@H](C2)c2ccccc2OC32CCC(c3ccccc3)CC2)cc1. The maximum atomic E-state index is 6.76. The summed E-state index contributed by atoms with van der Waals surface area (Å²) >= 11 is 6.12. The van der Waals surface area contributed by atoms with E-state index in [1.54, 1.807) is 0 Å². The van der Waals surface area contributed by atoms with Crippen LogP contribution in [-0.2, 0) is 0 Å². The standard InChI is InChI=1S/C27H25ClN2O/c28-22-12-10-21(11-13-22)24-18-25-23-8-4-5-9-26(23)31-27(30(25)29-24)16-14-20(15-17-27)19-6-2-1-3-7-19/h1-13,20,25H,14-18H2/t20?,25-,27?/m1/s1. The van der Waals surface area contributed by atoms with Gasteiger partial charge in [0.2, 0.25) is 0 Å². The Morgan fingerprint density at radius 1 is 0.871 bits per heavy atom. The molecule has 2 heterocycles. The first-order valence-electron chi connectivity index (χ1n) is 11.2. The fraction of sp³-hybridized carbons (Fsp3) is 0.296. The molecular formula is C27H25ClN2O. The number of nitrogens with zero attached hydrogens (tertiary/aromatic N) is 2. The van der Waals surface area contributed by atoms with Gasteiger partial charge < -0.3 is 4.74 Å². The van der Waals surface area contributed by atoms with Gasteiger partial charge in [0.05, 0.1) is 11.8 Å². The molecule has 0 bridgehead atoms. The minimum atomic E-state index is -0.363. The number of hydrogen-bond acceptors (Lipinski definition) is 3. The minimum Gasteiger partial charge on any atom is -0.466 e. The van der Waals surface area contributed by atoms with E-state index >= 15 is 0 Å². The zero-order valence-corrected chi connectivity index (χ0v) is 18.1. The summed E-state index contributed by atoms with van der Waals surface area (Å²) in [6, 6.07) is 27.7. The molecule has 0 amide bonds. The Hall–Kier alpha value is -2.78. The Labute approximate surface area is 188 Å². The van der Waals surface area contributed by atoms with Crippen LogP contribution in [0.4, 0.5) is 0 Å². The number of hydrazone groups is 1. The van der Waals surface area contributed by atoms with Crippen molar-refractivity contribution in [3.05, 3.63) is 101 Å². The second-order valence-electron chi connectivity index (χ2n) is 8.89. The fourth-order valence-corrected chi connectivity index (χ4v) is 5.63. The number of halogens is 1. The lowest BCUT2D eigenvalue weighted by Gasteiger charge is -2.50. The van der Waals surface area contributed by atoms with Crippen molar-refractivity contribution in [2.75, 3.05) is 0 Å². The number of rotatable bonds is 2. The lowest BCUT2D eigenvalue weighted by atomic mass is 9.78. The molecule has 2 aliphatic heterocycles. The van der Waals surface area contributed by atoms with Crippen molar-refractivity contribution >= 4 is 17.3 Å². The van der Waals surface area contributed by atoms with Crippen molar-refractivity contribution in [1.82, 2.24) is 5.01 Å². The summed E-state index contributed by atoms with van der Waals surface area (Å²) in [7, 11) is 0. The Kier molecular flexibility index (Phi) is 4.53. The van der Waals surface area contributed by atoms with E-state index in [1.807, 2.05) is 12.1 Å². The van der Waals surface area contributed by atoms with E-state index in [0.29, 0.717) is 5.92 Å². The van der Waals surface area contributed by atoms with Crippen LogP contribution in [0.1, 0.15) is 60.8 Å². The van der Waals surface area contributed by atoms with E-state index in [0.717, 1.165) is 54.2 Å². The molecule has 156 valence electrons. The minimum absolute atomic E-state index is 0.226. The molecular weight excluding hydrogens is 404 g/mol. The average molecular weight is 429 g/mol. The molecule has 0 unspecified atom stereocenters. The molecule has 0 radical (unpaired) electrons. The number of ether oxygens (including phenoxy) is 1. The second-order valence-corrected chi connectivity index (χ2v) is 9.33. The van der Waals surface area contributed by atoms with E-state index in [2.05, 4.69) is 71.7 Å². The summed E-state index contributed by atoms with van der Waals surface area (Å²) in [5.74, 6) is 1.61. The third-order valence-corrected chi connectivity index (χ3v) is 7.37. The molecule has 0 N–H and O–H groups in total. The Balaban J connectivity index is 1.35. The van der Waals surface area contributed by atoms with Crippen LogP contribution >= 0.6 is 11.6 Å².